The van der Waals surface area contributed by atoms with E-state index in [1.807, 2.05) is 0 Å². The number of ether oxygens (including phenoxy) is 12. The molecule has 17 nitrogen and oxygen atoms in total. The quantitative estimate of drug-likeness (QED) is 0.0242. The van der Waals surface area contributed by atoms with Crippen molar-refractivity contribution >= 4 is 29.8 Å². The van der Waals surface area contributed by atoms with Crippen molar-refractivity contribution in [2.24, 2.45) is 10.8 Å². The summed E-state index contributed by atoms with van der Waals surface area (Å²) in [4.78, 5) is 56.0. The molecule has 0 atom stereocenters. The third-order valence-corrected chi connectivity index (χ3v) is 10.7. The number of carbonyl (C=O) groups is 5. The predicted octanol–water partition coefficient (Wildman–Crippen LogP) is 14.9. The fraction of sp³-hybridized carbons (Fsp3) is 0.643. The largest absolute Gasteiger partial charge is 0.454 e. The van der Waals surface area contributed by atoms with Crippen molar-refractivity contribution in [2.45, 2.75) is 122 Å². The van der Waals surface area contributed by atoms with Gasteiger partial charge in [-0.3, -0.25) is 4.74 Å². The predicted molar refractivity (Wildman–Crippen MR) is 218 cm³/mol. The van der Waals surface area contributed by atoms with Crippen molar-refractivity contribution < 1.29 is 278 Å². The van der Waals surface area contributed by atoms with Gasteiger partial charge in [0.05, 0.1) is 0 Å². The van der Waals surface area contributed by atoms with Gasteiger partial charge in [-0.25, -0.2) is 61.2 Å². The number of hydrogen-bond donors (Lipinski definition) is 0. The summed E-state index contributed by atoms with van der Waals surface area (Å²) >= 11 is 0. The van der Waals surface area contributed by atoms with Gasteiger partial charge < -0.3 is 23.7 Å². The van der Waals surface area contributed by atoms with Gasteiger partial charge in [-0.2, -0.15) is 189 Å². The molecule has 0 rings (SSSR count). The Labute approximate surface area is 536 Å². The van der Waals surface area contributed by atoms with Crippen LogP contribution in [0.4, 0.5) is 198 Å². The molecule has 0 bridgehead atoms. The van der Waals surface area contributed by atoms with Crippen molar-refractivity contribution in [2.75, 3.05) is 33.0 Å². The lowest BCUT2D eigenvalue weighted by molar-refractivity contribution is -0.646. The molecule has 0 aliphatic heterocycles. The first-order valence-corrected chi connectivity index (χ1v) is 23.2. The Kier molecular flexibility index (Phi) is 28.0. The van der Waals surface area contributed by atoms with E-state index < -0.39 is 224 Å². The lowest BCUT2D eigenvalue weighted by atomic mass is 9.78. The molecule has 62 heteroatoms. The van der Waals surface area contributed by atoms with E-state index in [4.69, 9.17) is 0 Å². The summed E-state index contributed by atoms with van der Waals surface area (Å²) in [5, 5.41) is 0. The van der Waals surface area contributed by atoms with Crippen LogP contribution in [0.2, 0.25) is 0 Å². The van der Waals surface area contributed by atoms with Gasteiger partial charge in [0.2, 0.25) is 29.1 Å². The topological polar surface area (TPSA) is 196 Å². The molecule has 0 spiro atoms. The van der Waals surface area contributed by atoms with Crippen molar-refractivity contribution in [3.63, 3.8) is 0 Å². The highest BCUT2D eigenvalue weighted by molar-refractivity contribution is 5.86. The molecule has 0 saturated carbocycles. The molecule has 0 aliphatic rings. The molecular weight excluding hydrogens is 1630 g/mol. The maximum Gasteiger partial charge on any atom is 0.427 e. The van der Waals surface area contributed by atoms with E-state index in [-0.39, 0.29) is 0 Å². The Morgan fingerprint density at radius 3 is 0.452 bits per heavy atom. The van der Waals surface area contributed by atoms with Crippen LogP contribution >= 0.6 is 0 Å². The van der Waals surface area contributed by atoms with Crippen LogP contribution in [0, 0.1) is 10.8 Å². The summed E-state index contributed by atoms with van der Waals surface area (Å²) < 4.78 is 709. The Morgan fingerprint density at radius 2 is 0.337 bits per heavy atom. The van der Waals surface area contributed by atoms with Crippen LogP contribution < -0.4 is 0 Å². The average molecular weight is 1650 g/mol. The second-order valence-corrected chi connectivity index (χ2v) is 18.2. The maximum atomic E-state index is 17.2. The van der Waals surface area contributed by atoms with E-state index in [1.54, 1.807) is 32.9 Å². The Bertz CT molecular complexity index is 2970. The van der Waals surface area contributed by atoms with Crippen LogP contribution in [0.5, 0.6) is 0 Å². The zero-order valence-corrected chi connectivity index (χ0v) is 47.1. The van der Waals surface area contributed by atoms with Crippen LogP contribution in [0.15, 0.2) is 62.0 Å². The first-order chi connectivity index (χ1) is 45.3. The monoisotopic (exact) mass is 1650 g/mol. The zero-order valence-electron chi connectivity index (χ0n) is 47.1. The second kappa shape index (κ2) is 30.1. The minimum absolute atomic E-state index is 0.552. The van der Waals surface area contributed by atoms with E-state index in [2.05, 4.69) is 23.7 Å². The van der Waals surface area contributed by atoms with Gasteiger partial charge in [-0.05, 0) is 0 Å². The minimum Gasteiger partial charge on any atom is -0.454 e. The van der Waals surface area contributed by atoms with E-state index in [1.165, 1.54) is 0 Å². The van der Waals surface area contributed by atoms with Crippen LogP contribution in [0.1, 0.15) is 0 Å². The van der Waals surface area contributed by atoms with Gasteiger partial charge in [-0.15, -0.1) is 0 Å². The summed E-state index contributed by atoms with van der Waals surface area (Å²) in [6, 6.07) is 0. The summed E-state index contributed by atoms with van der Waals surface area (Å²) in [6.45, 7) is -14.0. The number of hydrogen-bond acceptors (Lipinski definition) is 17. The van der Waals surface area contributed by atoms with Gasteiger partial charge in [0.1, 0.15) is 0 Å². The van der Waals surface area contributed by atoms with Gasteiger partial charge in [0, 0.05) is 0 Å². The molecule has 0 unspecified atom stereocenters. The summed E-state index contributed by atoms with van der Waals surface area (Å²) in [5.74, 6) is -73.4. The molecule has 0 aromatic heterocycles. The highest BCUT2D eigenvalue weighted by Gasteiger charge is 3.03. The van der Waals surface area contributed by atoms with Gasteiger partial charge in [-0.1, -0.05) is 32.9 Å². The normalized spacial score (nSPS) is 14.9. The molecule has 606 valence electrons. The summed E-state index contributed by atoms with van der Waals surface area (Å²) in [5.41, 5.74) is -23.4. The Balaban J connectivity index is 11.4. The fourth-order valence-corrected chi connectivity index (χ4v) is 5.79. The lowest BCUT2D eigenvalue weighted by Gasteiger charge is -2.54. The molecule has 0 radical (unpaired) electrons. The molecule has 0 heterocycles. The number of halogens is 45. The highest BCUT2D eigenvalue weighted by atomic mass is 19.4. The molecule has 0 fully saturated rings. The molecule has 0 saturated heterocycles. The van der Waals surface area contributed by atoms with E-state index in [0.29, 0.717) is 4.74 Å². The standard InChI is InChI=1S/C42H21F45O17/c1-11(43)16(88)93-6-22(50,51)30(62,63)99-36(74,75)28(35(72,73)98-27(60,61)21(48)49,37(76,77)100-31(64,65)23(52,53)7-94-17(89)12(2)44)41(84,85)104-42(86,87)29(38(78,79)101-32(66,67)24(54,55)8-95-18(90)13(3)45,39(80,81)102-33(68,69)25(56,57)9-96-19(91)14(4)46)40(82,83)103-34(70,71)26(58,59)10-97-20(92)15(5)47/h21H,1-10H2. The molecular formula is C42H21F45O17. The number of carbonyl (C=O) groups excluding carboxylic acids is 5. The third kappa shape index (κ3) is 19.2. The Morgan fingerprint density at radius 1 is 0.221 bits per heavy atom. The second-order valence-electron chi connectivity index (χ2n) is 18.2. The third-order valence-electron chi connectivity index (χ3n) is 10.7. The number of alkyl halides is 40. The fourth-order valence-electron chi connectivity index (χ4n) is 5.79. The number of esters is 5. The maximum absolute atomic E-state index is 17.2. The van der Waals surface area contributed by atoms with E-state index in [9.17, 15) is 107 Å². The van der Waals surface area contributed by atoms with Crippen LogP contribution in [0.3, 0.4) is 0 Å². The van der Waals surface area contributed by atoms with Crippen molar-refractivity contribution in [3.05, 3.63) is 62.0 Å². The van der Waals surface area contributed by atoms with Gasteiger partial charge in [0.25, 0.3) is 0 Å². The van der Waals surface area contributed by atoms with Crippen LogP contribution in [0.25, 0.3) is 0 Å². The molecule has 0 aromatic carbocycles. The van der Waals surface area contributed by atoms with Crippen molar-refractivity contribution in [3.8, 4) is 0 Å². The summed E-state index contributed by atoms with van der Waals surface area (Å²) in [7, 11) is 0. The molecule has 0 N–H and O–H groups in total. The summed E-state index contributed by atoms with van der Waals surface area (Å²) in [6.07, 6.45) is -151. The zero-order chi connectivity index (χ0) is 83.9. The van der Waals surface area contributed by atoms with Crippen LogP contribution in [-0.2, 0) is 80.8 Å². The molecule has 0 aromatic rings. The minimum atomic E-state index is -11.8. The Hall–Kier alpha value is -7.38. The molecule has 104 heavy (non-hydrogen) atoms. The average Bonchev–Trinajstić information content (AvgIpc) is 0.668. The van der Waals surface area contributed by atoms with Gasteiger partial charge >= 0.3 is 162 Å². The highest BCUT2D eigenvalue weighted by Crippen LogP contribution is 2.74. The first kappa shape index (κ1) is 96.6. The molecule has 0 amide bonds. The first-order valence-electron chi connectivity index (χ1n) is 23.2. The SMILES string of the molecule is C=C(F)C(=O)OCC(F)(F)C(F)(F)OC(F)(F)C(C(F)(F)OC(F)(F)C(F)F)(C(F)(F)OC(F)(F)C(F)(F)COC(=O)C(=C)F)C(F)(F)OC(F)(F)C(C(F)(F)OC(F)(F)C(F)(F)COC(=O)C(=C)F)(C(F)(F)OC(F)(F)C(F)(F)COC(=O)C(=C)F)C(F)(F)OC(F)(F)C(F)(F)COC(=O)C(=C)F. The molecule has 0 aliphatic carbocycles. The lowest BCUT2D eigenvalue weighted by Crippen LogP contribution is -2.81. The van der Waals surface area contributed by atoms with E-state index in [0.717, 1.165) is 28.4 Å². The van der Waals surface area contributed by atoms with E-state index >= 15 is 114 Å². The smallest absolute Gasteiger partial charge is 0.427 e. The van der Waals surface area contributed by atoms with Crippen LogP contribution in [-0.4, -0.2) is 184 Å². The number of rotatable bonds is 43. The van der Waals surface area contributed by atoms with Crippen molar-refractivity contribution in [1.82, 2.24) is 0 Å². The van der Waals surface area contributed by atoms with Gasteiger partial charge in [0.15, 0.2) is 33.0 Å². The van der Waals surface area contributed by atoms with Crippen molar-refractivity contribution in [1.29, 1.82) is 0 Å².